The maximum Gasteiger partial charge on any atom is 0.140 e. The molecule has 0 aliphatic carbocycles. The van der Waals surface area contributed by atoms with Crippen molar-refractivity contribution in [3.05, 3.63) is 44.9 Å². The van der Waals surface area contributed by atoms with Gasteiger partial charge < -0.3 is 10.1 Å². The van der Waals surface area contributed by atoms with Crippen LogP contribution in [0, 0.1) is 0 Å². The Balaban J connectivity index is 1.70. The van der Waals surface area contributed by atoms with Gasteiger partial charge in [0.1, 0.15) is 17.4 Å². The number of nitrogens with zero attached hydrogens (tertiary/aromatic N) is 1. The molecule has 0 atom stereocenters. The van der Waals surface area contributed by atoms with Crippen molar-refractivity contribution in [1.29, 1.82) is 0 Å². The Kier molecular flexibility index (Phi) is 3.50. The zero-order valence-corrected chi connectivity index (χ0v) is 11.4. The molecule has 1 aliphatic rings. The van der Waals surface area contributed by atoms with Crippen LogP contribution in [0.5, 0.6) is 5.75 Å². The first-order valence-corrected chi connectivity index (χ1v) is 7.08. The highest BCUT2D eigenvalue weighted by molar-refractivity contribution is 7.11. The minimum Gasteiger partial charge on any atom is -0.485 e. The molecule has 0 spiro atoms. The predicted octanol–water partition coefficient (Wildman–Crippen LogP) is 3.02. The average molecular weight is 281 g/mol. The van der Waals surface area contributed by atoms with Crippen molar-refractivity contribution in [2.45, 2.75) is 19.6 Å². The van der Waals surface area contributed by atoms with E-state index < -0.39 is 0 Å². The second kappa shape index (κ2) is 5.26. The van der Waals surface area contributed by atoms with Crippen LogP contribution in [0.2, 0.25) is 5.02 Å². The van der Waals surface area contributed by atoms with Gasteiger partial charge in [0.2, 0.25) is 0 Å². The molecular formula is C13H13ClN2OS. The molecule has 2 aromatic rings. The minimum atomic E-state index is 0.488. The Labute approximate surface area is 115 Å². The van der Waals surface area contributed by atoms with Crippen LogP contribution in [-0.2, 0) is 19.6 Å². The fraction of sp³-hybridized carbons (Fsp3) is 0.308. The van der Waals surface area contributed by atoms with E-state index in [0.29, 0.717) is 17.4 Å². The lowest BCUT2D eigenvalue weighted by atomic mass is 10.2. The molecule has 5 heteroatoms. The summed E-state index contributed by atoms with van der Waals surface area (Å²) in [6.07, 6.45) is 1.01. The van der Waals surface area contributed by atoms with Gasteiger partial charge >= 0.3 is 0 Å². The number of hydrogen-bond donors (Lipinski definition) is 1. The van der Waals surface area contributed by atoms with Crippen LogP contribution < -0.4 is 10.1 Å². The van der Waals surface area contributed by atoms with Gasteiger partial charge in [-0.15, -0.1) is 11.3 Å². The number of thiazole rings is 1. The first-order valence-electron chi connectivity index (χ1n) is 5.88. The van der Waals surface area contributed by atoms with Crippen molar-refractivity contribution < 1.29 is 4.74 Å². The monoisotopic (exact) mass is 280 g/mol. The molecule has 0 bridgehead atoms. The Morgan fingerprint density at radius 1 is 1.39 bits per heavy atom. The number of halogens is 1. The quantitative estimate of drug-likeness (QED) is 0.938. The van der Waals surface area contributed by atoms with Gasteiger partial charge in [-0.2, -0.15) is 0 Å². The Hall–Kier alpha value is -1.10. The summed E-state index contributed by atoms with van der Waals surface area (Å²) in [6, 6.07) is 7.51. The summed E-state index contributed by atoms with van der Waals surface area (Å²) in [4.78, 5) is 5.94. The fourth-order valence-electron chi connectivity index (χ4n) is 1.94. The lowest BCUT2D eigenvalue weighted by Gasteiger charge is -2.09. The number of nitrogens with one attached hydrogen (secondary N) is 1. The normalized spacial score (nSPS) is 14.3. The fourth-order valence-corrected chi connectivity index (χ4v) is 3.13. The highest BCUT2D eigenvalue weighted by atomic mass is 35.5. The predicted molar refractivity (Wildman–Crippen MR) is 73.3 cm³/mol. The molecule has 18 heavy (non-hydrogen) atoms. The number of rotatable bonds is 3. The zero-order chi connectivity index (χ0) is 12.4. The molecule has 0 radical (unpaired) electrons. The van der Waals surface area contributed by atoms with E-state index in [0.717, 1.165) is 24.5 Å². The first kappa shape index (κ1) is 12.0. The van der Waals surface area contributed by atoms with E-state index in [1.165, 1.54) is 10.6 Å². The number of para-hydroxylation sites is 1. The van der Waals surface area contributed by atoms with E-state index in [1.54, 1.807) is 11.3 Å². The van der Waals surface area contributed by atoms with Crippen molar-refractivity contribution in [3.8, 4) is 5.75 Å². The van der Waals surface area contributed by atoms with Crippen LogP contribution in [0.25, 0.3) is 0 Å². The van der Waals surface area contributed by atoms with Crippen molar-refractivity contribution >= 4 is 22.9 Å². The second-order valence-electron chi connectivity index (χ2n) is 4.12. The highest BCUT2D eigenvalue weighted by Crippen LogP contribution is 2.26. The molecular weight excluding hydrogens is 268 g/mol. The Bertz CT molecular complexity index is 532. The van der Waals surface area contributed by atoms with Crippen molar-refractivity contribution in [3.63, 3.8) is 0 Å². The van der Waals surface area contributed by atoms with Gasteiger partial charge in [0.25, 0.3) is 0 Å². The molecule has 2 heterocycles. The van der Waals surface area contributed by atoms with E-state index in [-0.39, 0.29) is 0 Å². The van der Waals surface area contributed by atoms with Crippen molar-refractivity contribution in [2.24, 2.45) is 0 Å². The van der Waals surface area contributed by atoms with Gasteiger partial charge in [-0.25, -0.2) is 4.98 Å². The molecule has 0 saturated heterocycles. The highest BCUT2D eigenvalue weighted by Gasteiger charge is 2.14. The molecule has 0 unspecified atom stereocenters. The van der Waals surface area contributed by atoms with Crippen molar-refractivity contribution in [2.75, 3.05) is 6.54 Å². The molecule has 1 aliphatic heterocycles. The van der Waals surface area contributed by atoms with Crippen LogP contribution in [0.1, 0.15) is 15.6 Å². The van der Waals surface area contributed by atoms with E-state index in [1.807, 2.05) is 24.3 Å². The van der Waals surface area contributed by atoms with Gasteiger partial charge in [-0.3, -0.25) is 0 Å². The van der Waals surface area contributed by atoms with Gasteiger partial charge in [0.05, 0.1) is 10.7 Å². The number of benzene rings is 1. The molecule has 1 aromatic carbocycles. The molecule has 94 valence electrons. The lowest BCUT2D eigenvalue weighted by molar-refractivity contribution is 0.305. The number of aromatic nitrogens is 1. The van der Waals surface area contributed by atoms with Gasteiger partial charge in [0, 0.05) is 24.4 Å². The average Bonchev–Trinajstić information content (AvgIpc) is 2.80. The number of ether oxygens (including phenoxy) is 1. The number of fused-ring (bicyclic) bond motifs is 1. The molecule has 0 saturated carbocycles. The molecule has 1 N–H and O–H groups in total. The van der Waals surface area contributed by atoms with Gasteiger partial charge in [0.15, 0.2) is 0 Å². The van der Waals surface area contributed by atoms with E-state index in [2.05, 4.69) is 10.3 Å². The molecule has 3 rings (SSSR count). The van der Waals surface area contributed by atoms with E-state index in [9.17, 15) is 0 Å². The smallest absolute Gasteiger partial charge is 0.140 e. The SMILES string of the molecule is Clc1ccccc1OCc1nc2c(s1)CNCC2. The molecule has 0 fully saturated rings. The summed E-state index contributed by atoms with van der Waals surface area (Å²) in [5.41, 5.74) is 1.22. The van der Waals surface area contributed by atoms with Crippen LogP contribution in [0.3, 0.4) is 0 Å². The molecule has 3 nitrogen and oxygen atoms in total. The summed E-state index contributed by atoms with van der Waals surface area (Å²) in [5, 5.41) is 5.00. The summed E-state index contributed by atoms with van der Waals surface area (Å²) in [7, 11) is 0. The third-order valence-electron chi connectivity index (χ3n) is 2.83. The maximum atomic E-state index is 6.04. The number of hydrogen-bond acceptors (Lipinski definition) is 4. The van der Waals surface area contributed by atoms with Gasteiger partial charge in [-0.1, -0.05) is 23.7 Å². The largest absolute Gasteiger partial charge is 0.485 e. The zero-order valence-electron chi connectivity index (χ0n) is 9.78. The van der Waals surface area contributed by atoms with Crippen LogP contribution in [0.15, 0.2) is 24.3 Å². The standard InChI is InChI=1S/C13H13ClN2OS/c14-9-3-1-2-4-11(9)17-8-13-16-10-5-6-15-7-12(10)18-13/h1-4,15H,5-8H2. The Morgan fingerprint density at radius 3 is 3.11 bits per heavy atom. The Morgan fingerprint density at radius 2 is 2.28 bits per heavy atom. The summed E-state index contributed by atoms with van der Waals surface area (Å²) < 4.78 is 5.70. The lowest BCUT2D eigenvalue weighted by Crippen LogP contribution is -2.22. The summed E-state index contributed by atoms with van der Waals surface area (Å²) >= 11 is 7.76. The molecule has 1 aromatic heterocycles. The topological polar surface area (TPSA) is 34.1 Å². The van der Waals surface area contributed by atoms with Crippen LogP contribution in [0.4, 0.5) is 0 Å². The van der Waals surface area contributed by atoms with Crippen LogP contribution in [-0.4, -0.2) is 11.5 Å². The third-order valence-corrected chi connectivity index (χ3v) is 4.22. The maximum absolute atomic E-state index is 6.04. The van der Waals surface area contributed by atoms with E-state index >= 15 is 0 Å². The molecule has 0 amide bonds. The first-order chi connectivity index (χ1) is 8.83. The third kappa shape index (κ3) is 2.51. The van der Waals surface area contributed by atoms with Gasteiger partial charge in [-0.05, 0) is 12.1 Å². The second-order valence-corrected chi connectivity index (χ2v) is 5.70. The summed E-state index contributed by atoms with van der Waals surface area (Å²) in [5.74, 6) is 0.713. The van der Waals surface area contributed by atoms with Crippen LogP contribution >= 0.6 is 22.9 Å². The minimum absolute atomic E-state index is 0.488. The summed E-state index contributed by atoms with van der Waals surface area (Å²) in [6.45, 7) is 2.43. The van der Waals surface area contributed by atoms with E-state index in [4.69, 9.17) is 16.3 Å². The van der Waals surface area contributed by atoms with Crippen molar-refractivity contribution in [1.82, 2.24) is 10.3 Å².